The topological polar surface area (TPSA) is 35.6 Å². The second-order valence-electron chi connectivity index (χ2n) is 7.20. The standard InChI is InChI=1S/C22H29N3O/c1-18-8-9-21(16-19(18)2)23-22(26)10-11-24-12-14-25(15-13-24)17-20-6-4-3-5-7-20/h3-9,16H,10-15,17H2,1-2H3,(H,23,26). The van der Waals surface area contributed by atoms with Gasteiger partial charge in [-0.15, -0.1) is 0 Å². The number of carbonyl (C=O) groups excluding carboxylic acids is 1. The summed E-state index contributed by atoms with van der Waals surface area (Å²) in [6.07, 6.45) is 0.547. The Kier molecular flexibility index (Phi) is 6.42. The van der Waals surface area contributed by atoms with Gasteiger partial charge in [0.15, 0.2) is 0 Å². The molecular weight excluding hydrogens is 322 g/mol. The maximum absolute atomic E-state index is 12.2. The summed E-state index contributed by atoms with van der Waals surface area (Å²) < 4.78 is 0. The van der Waals surface area contributed by atoms with Crippen molar-refractivity contribution in [2.24, 2.45) is 0 Å². The number of nitrogens with zero attached hydrogens (tertiary/aromatic N) is 2. The van der Waals surface area contributed by atoms with E-state index in [1.165, 1.54) is 16.7 Å². The number of hydrogen-bond acceptors (Lipinski definition) is 3. The minimum absolute atomic E-state index is 0.0972. The highest BCUT2D eigenvalue weighted by atomic mass is 16.1. The second kappa shape index (κ2) is 8.97. The van der Waals surface area contributed by atoms with Crippen LogP contribution in [0.3, 0.4) is 0 Å². The largest absolute Gasteiger partial charge is 0.326 e. The van der Waals surface area contributed by atoms with Gasteiger partial charge in [0, 0.05) is 51.4 Å². The van der Waals surface area contributed by atoms with Gasteiger partial charge in [0.25, 0.3) is 0 Å². The van der Waals surface area contributed by atoms with Crippen molar-refractivity contribution in [3.8, 4) is 0 Å². The summed E-state index contributed by atoms with van der Waals surface area (Å²) in [5, 5.41) is 3.01. The normalized spacial score (nSPS) is 15.8. The maximum Gasteiger partial charge on any atom is 0.225 e. The fourth-order valence-corrected chi connectivity index (χ4v) is 3.31. The first-order valence-corrected chi connectivity index (χ1v) is 9.46. The molecule has 3 rings (SSSR count). The van der Waals surface area contributed by atoms with Gasteiger partial charge < -0.3 is 10.2 Å². The minimum Gasteiger partial charge on any atom is -0.326 e. The van der Waals surface area contributed by atoms with Gasteiger partial charge in [-0.05, 0) is 42.7 Å². The molecule has 0 bridgehead atoms. The van der Waals surface area contributed by atoms with Crippen LogP contribution in [0.4, 0.5) is 5.69 Å². The molecule has 1 aliphatic rings. The van der Waals surface area contributed by atoms with Gasteiger partial charge >= 0.3 is 0 Å². The number of anilines is 1. The highest BCUT2D eigenvalue weighted by molar-refractivity contribution is 5.90. The van der Waals surface area contributed by atoms with Gasteiger partial charge in [0.1, 0.15) is 0 Å². The van der Waals surface area contributed by atoms with Crippen molar-refractivity contribution in [3.05, 3.63) is 65.2 Å². The summed E-state index contributed by atoms with van der Waals surface area (Å²) in [7, 11) is 0. The van der Waals surface area contributed by atoms with Crippen LogP contribution in [0.2, 0.25) is 0 Å². The lowest BCUT2D eigenvalue weighted by atomic mass is 10.1. The molecule has 2 aromatic rings. The quantitative estimate of drug-likeness (QED) is 0.866. The molecule has 2 aromatic carbocycles. The van der Waals surface area contributed by atoms with Crippen molar-refractivity contribution in [3.63, 3.8) is 0 Å². The predicted octanol–water partition coefficient (Wildman–Crippen LogP) is 3.45. The smallest absolute Gasteiger partial charge is 0.225 e. The van der Waals surface area contributed by atoms with Gasteiger partial charge in [-0.3, -0.25) is 9.69 Å². The number of benzene rings is 2. The summed E-state index contributed by atoms with van der Waals surface area (Å²) in [6.45, 7) is 10.2. The lowest BCUT2D eigenvalue weighted by Gasteiger charge is -2.34. The number of hydrogen-bond donors (Lipinski definition) is 1. The fourth-order valence-electron chi connectivity index (χ4n) is 3.31. The molecule has 26 heavy (non-hydrogen) atoms. The van der Waals surface area contributed by atoms with Crippen LogP contribution in [0.1, 0.15) is 23.1 Å². The fraction of sp³-hybridized carbons (Fsp3) is 0.409. The predicted molar refractivity (Wildman–Crippen MR) is 107 cm³/mol. The van der Waals surface area contributed by atoms with Gasteiger partial charge in [-0.25, -0.2) is 0 Å². The Labute approximate surface area is 156 Å². The molecule has 1 fully saturated rings. The number of aryl methyl sites for hydroxylation is 2. The summed E-state index contributed by atoms with van der Waals surface area (Å²) in [5.41, 5.74) is 4.72. The van der Waals surface area contributed by atoms with E-state index in [9.17, 15) is 4.79 Å². The van der Waals surface area contributed by atoms with Crippen LogP contribution in [0.5, 0.6) is 0 Å². The van der Waals surface area contributed by atoms with E-state index in [1.807, 2.05) is 12.1 Å². The molecule has 138 valence electrons. The maximum atomic E-state index is 12.2. The van der Waals surface area contributed by atoms with Crippen molar-refractivity contribution in [2.75, 3.05) is 38.0 Å². The Balaban J connectivity index is 1.38. The molecule has 1 N–H and O–H groups in total. The summed E-state index contributed by atoms with van der Waals surface area (Å²) in [6, 6.07) is 16.7. The van der Waals surface area contributed by atoms with Crippen molar-refractivity contribution < 1.29 is 4.79 Å². The van der Waals surface area contributed by atoms with Crippen LogP contribution in [0.15, 0.2) is 48.5 Å². The molecule has 4 nitrogen and oxygen atoms in total. The monoisotopic (exact) mass is 351 g/mol. The number of carbonyl (C=O) groups is 1. The number of nitrogens with one attached hydrogen (secondary N) is 1. The van der Waals surface area contributed by atoms with Gasteiger partial charge in [-0.1, -0.05) is 36.4 Å². The van der Waals surface area contributed by atoms with Crippen LogP contribution in [0, 0.1) is 13.8 Å². The van der Waals surface area contributed by atoms with Crippen molar-refractivity contribution >= 4 is 11.6 Å². The van der Waals surface area contributed by atoms with E-state index >= 15 is 0 Å². The molecule has 0 atom stereocenters. The van der Waals surface area contributed by atoms with E-state index in [2.05, 4.69) is 65.4 Å². The van der Waals surface area contributed by atoms with E-state index in [4.69, 9.17) is 0 Å². The minimum atomic E-state index is 0.0972. The van der Waals surface area contributed by atoms with Crippen LogP contribution in [-0.2, 0) is 11.3 Å². The molecule has 1 aliphatic heterocycles. The SMILES string of the molecule is Cc1ccc(NC(=O)CCN2CCN(Cc3ccccc3)CC2)cc1C. The van der Waals surface area contributed by atoms with Gasteiger partial charge in [0.05, 0.1) is 0 Å². The number of piperazine rings is 1. The first kappa shape index (κ1) is 18.6. The van der Waals surface area contributed by atoms with E-state index < -0.39 is 0 Å². The lowest BCUT2D eigenvalue weighted by molar-refractivity contribution is -0.116. The first-order valence-electron chi connectivity index (χ1n) is 9.46. The van der Waals surface area contributed by atoms with Crippen molar-refractivity contribution in [1.82, 2.24) is 9.80 Å². The molecule has 1 saturated heterocycles. The Morgan fingerprint density at radius 2 is 1.62 bits per heavy atom. The van der Waals surface area contributed by atoms with Crippen LogP contribution in [0.25, 0.3) is 0 Å². The van der Waals surface area contributed by atoms with Crippen LogP contribution in [-0.4, -0.2) is 48.4 Å². The Hall–Kier alpha value is -2.17. The number of amides is 1. The average molecular weight is 351 g/mol. The Morgan fingerprint density at radius 3 is 2.31 bits per heavy atom. The lowest BCUT2D eigenvalue weighted by Crippen LogP contribution is -2.46. The second-order valence-corrected chi connectivity index (χ2v) is 7.20. The molecule has 0 spiro atoms. The summed E-state index contributed by atoms with van der Waals surface area (Å²) in [5.74, 6) is 0.0972. The molecule has 0 aliphatic carbocycles. The highest BCUT2D eigenvalue weighted by Gasteiger charge is 2.17. The molecular formula is C22H29N3O. The highest BCUT2D eigenvalue weighted by Crippen LogP contribution is 2.14. The van der Waals surface area contributed by atoms with Gasteiger partial charge in [0.2, 0.25) is 5.91 Å². The zero-order chi connectivity index (χ0) is 18.4. The van der Waals surface area contributed by atoms with Crippen molar-refractivity contribution in [2.45, 2.75) is 26.8 Å². The molecule has 1 heterocycles. The number of rotatable bonds is 6. The molecule has 4 heteroatoms. The molecule has 0 aromatic heterocycles. The third-order valence-corrected chi connectivity index (χ3v) is 5.16. The van der Waals surface area contributed by atoms with E-state index in [-0.39, 0.29) is 5.91 Å². The van der Waals surface area contributed by atoms with Crippen LogP contribution >= 0.6 is 0 Å². The zero-order valence-electron chi connectivity index (χ0n) is 15.9. The molecule has 0 saturated carbocycles. The average Bonchev–Trinajstić information content (AvgIpc) is 2.65. The zero-order valence-corrected chi connectivity index (χ0v) is 15.9. The van der Waals surface area contributed by atoms with E-state index in [0.717, 1.165) is 45.0 Å². The Morgan fingerprint density at radius 1 is 0.923 bits per heavy atom. The molecule has 0 radical (unpaired) electrons. The van der Waals surface area contributed by atoms with Crippen molar-refractivity contribution in [1.29, 1.82) is 0 Å². The van der Waals surface area contributed by atoms with E-state index in [1.54, 1.807) is 0 Å². The third kappa shape index (κ3) is 5.41. The third-order valence-electron chi connectivity index (χ3n) is 5.16. The summed E-state index contributed by atoms with van der Waals surface area (Å²) >= 11 is 0. The molecule has 0 unspecified atom stereocenters. The van der Waals surface area contributed by atoms with Crippen LogP contribution < -0.4 is 5.32 Å². The van der Waals surface area contributed by atoms with E-state index in [0.29, 0.717) is 6.42 Å². The van der Waals surface area contributed by atoms with Gasteiger partial charge in [-0.2, -0.15) is 0 Å². The summed E-state index contributed by atoms with van der Waals surface area (Å²) in [4.78, 5) is 17.1. The Bertz CT molecular complexity index is 721. The molecule has 1 amide bonds. The first-order chi connectivity index (χ1) is 12.6.